The minimum absolute atomic E-state index is 0.155. The molecule has 2 aromatic rings. The van der Waals surface area contributed by atoms with E-state index in [0.29, 0.717) is 28.5 Å². The zero-order valence-electron chi connectivity index (χ0n) is 17.0. The number of urea groups is 1. The molecule has 2 aliphatic heterocycles. The first-order valence-corrected chi connectivity index (χ1v) is 10.5. The maximum Gasteiger partial charge on any atom is 0.315 e. The highest BCUT2D eigenvalue weighted by Gasteiger charge is 2.36. The third kappa shape index (κ3) is 4.43. The van der Waals surface area contributed by atoms with Crippen LogP contribution in [0.3, 0.4) is 0 Å². The van der Waals surface area contributed by atoms with Crippen LogP contribution < -0.4 is 20.5 Å². The molecule has 1 saturated heterocycles. The lowest BCUT2D eigenvalue weighted by molar-refractivity contribution is -0.143. The number of primary amides is 1. The van der Waals surface area contributed by atoms with Crippen molar-refractivity contribution in [3.63, 3.8) is 0 Å². The molecule has 0 radical (unpaired) electrons. The monoisotopic (exact) mass is 459 g/mol. The SMILES string of the molecule is NC(=O)N1CCC(C(=O)O)CC1c1ccc(Cl)cc1C(=O)NCc1ccc2c(c1)OCO2. The molecule has 4 rings (SSSR count). The van der Waals surface area contributed by atoms with Gasteiger partial charge in [0.15, 0.2) is 11.5 Å². The van der Waals surface area contributed by atoms with Crippen LogP contribution in [-0.4, -0.2) is 41.3 Å². The predicted molar refractivity (Wildman–Crippen MR) is 115 cm³/mol. The molecule has 2 atom stereocenters. The van der Waals surface area contributed by atoms with Crippen molar-refractivity contribution in [1.82, 2.24) is 10.2 Å². The van der Waals surface area contributed by atoms with Gasteiger partial charge >= 0.3 is 12.0 Å². The van der Waals surface area contributed by atoms with Crippen molar-refractivity contribution in [2.24, 2.45) is 11.7 Å². The number of likely N-dealkylation sites (tertiary alicyclic amines) is 1. The fourth-order valence-corrected chi connectivity index (χ4v) is 4.26. The van der Waals surface area contributed by atoms with Gasteiger partial charge in [-0.05, 0) is 48.2 Å². The van der Waals surface area contributed by atoms with Crippen molar-refractivity contribution in [1.29, 1.82) is 0 Å². The molecule has 1 fully saturated rings. The second-order valence-corrected chi connectivity index (χ2v) is 8.15. The number of amides is 3. The smallest absolute Gasteiger partial charge is 0.315 e. The van der Waals surface area contributed by atoms with Crippen molar-refractivity contribution in [2.45, 2.75) is 25.4 Å². The summed E-state index contributed by atoms with van der Waals surface area (Å²) in [4.78, 5) is 38.1. The molecule has 0 aromatic heterocycles. The fourth-order valence-electron chi connectivity index (χ4n) is 4.09. The lowest BCUT2D eigenvalue weighted by Crippen LogP contribution is -2.45. The zero-order chi connectivity index (χ0) is 22.8. The number of nitrogens with one attached hydrogen (secondary N) is 1. The molecule has 10 heteroatoms. The molecule has 2 heterocycles. The molecule has 4 N–H and O–H groups in total. The van der Waals surface area contributed by atoms with Crippen LogP contribution in [0.15, 0.2) is 36.4 Å². The van der Waals surface area contributed by atoms with E-state index in [2.05, 4.69) is 5.32 Å². The first-order valence-electron chi connectivity index (χ1n) is 10.1. The molecular weight excluding hydrogens is 438 g/mol. The van der Waals surface area contributed by atoms with E-state index < -0.39 is 29.9 Å². The first-order chi connectivity index (χ1) is 15.3. The number of carboxylic acid groups (broad SMARTS) is 1. The second-order valence-electron chi connectivity index (χ2n) is 7.71. The Bertz CT molecular complexity index is 1080. The maximum absolute atomic E-state index is 13.1. The zero-order valence-corrected chi connectivity index (χ0v) is 17.8. The number of rotatable bonds is 5. The number of fused-ring (bicyclic) bond motifs is 1. The number of nitrogens with two attached hydrogens (primary N) is 1. The topological polar surface area (TPSA) is 131 Å². The summed E-state index contributed by atoms with van der Waals surface area (Å²) in [5, 5.41) is 12.7. The number of hydrogen-bond donors (Lipinski definition) is 3. The lowest BCUT2D eigenvalue weighted by atomic mass is 9.85. The average Bonchev–Trinajstić information content (AvgIpc) is 3.24. The van der Waals surface area contributed by atoms with Gasteiger partial charge in [0.1, 0.15) is 0 Å². The van der Waals surface area contributed by atoms with Crippen molar-refractivity contribution in [3.05, 3.63) is 58.1 Å². The predicted octanol–water partition coefficient (Wildman–Crippen LogP) is 2.92. The Hall–Kier alpha value is -3.46. The van der Waals surface area contributed by atoms with E-state index >= 15 is 0 Å². The highest BCUT2D eigenvalue weighted by molar-refractivity contribution is 6.31. The Labute approximate surface area is 189 Å². The van der Waals surface area contributed by atoms with Gasteiger partial charge in [0, 0.05) is 23.7 Å². The number of carboxylic acids is 1. The van der Waals surface area contributed by atoms with Crippen molar-refractivity contribution in [3.8, 4) is 11.5 Å². The van der Waals surface area contributed by atoms with Crippen LogP contribution in [0.4, 0.5) is 4.79 Å². The Morgan fingerprint density at radius 3 is 2.69 bits per heavy atom. The second kappa shape index (κ2) is 8.96. The van der Waals surface area contributed by atoms with Gasteiger partial charge in [-0.3, -0.25) is 9.59 Å². The Kier molecular flexibility index (Phi) is 6.09. The van der Waals surface area contributed by atoms with E-state index in [9.17, 15) is 19.5 Å². The van der Waals surface area contributed by atoms with E-state index in [1.54, 1.807) is 24.3 Å². The lowest BCUT2D eigenvalue weighted by Gasteiger charge is -2.38. The summed E-state index contributed by atoms with van der Waals surface area (Å²) >= 11 is 6.15. The average molecular weight is 460 g/mol. The molecule has 2 aromatic carbocycles. The molecule has 0 spiro atoms. The Morgan fingerprint density at radius 2 is 1.94 bits per heavy atom. The van der Waals surface area contributed by atoms with Gasteiger partial charge in [0.05, 0.1) is 12.0 Å². The highest BCUT2D eigenvalue weighted by Crippen LogP contribution is 2.37. The van der Waals surface area contributed by atoms with Crippen LogP contribution in [0.2, 0.25) is 5.02 Å². The number of nitrogens with zero attached hydrogens (tertiary/aromatic N) is 1. The van der Waals surface area contributed by atoms with Gasteiger partial charge in [-0.15, -0.1) is 0 Å². The minimum atomic E-state index is -0.943. The Morgan fingerprint density at radius 1 is 1.16 bits per heavy atom. The fraction of sp³-hybridized carbons (Fsp3) is 0.318. The summed E-state index contributed by atoms with van der Waals surface area (Å²) in [6.45, 7) is 0.577. The Balaban J connectivity index is 1.58. The van der Waals surface area contributed by atoms with Crippen LogP contribution in [0, 0.1) is 5.92 Å². The van der Waals surface area contributed by atoms with Gasteiger partial charge in [-0.25, -0.2) is 4.79 Å². The normalized spacial score (nSPS) is 19.5. The van der Waals surface area contributed by atoms with E-state index in [4.69, 9.17) is 26.8 Å². The first kappa shape index (κ1) is 21.8. The molecule has 0 bridgehead atoms. The molecule has 0 aliphatic carbocycles. The number of carbonyl (C=O) groups excluding carboxylic acids is 2. The molecule has 168 valence electrons. The van der Waals surface area contributed by atoms with Crippen LogP contribution in [-0.2, 0) is 11.3 Å². The molecule has 9 nitrogen and oxygen atoms in total. The maximum atomic E-state index is 13.1. The van der Waals surface area contributed by atoms with Crippen LogP contribution >= 0.6 is 11.6 Å². The largest absolute Gasteiger partial charge is 0.481 e. The van der Waals surface area contributed by atoms with E-state index in [0.717, 1.165) is 5.56 Å². The number of hydrogen-bond acceptors (Lipinski definition) is 5. The van der Waals surface area contributed by atoms with Gasteiger partial charge in [0.25, 0.3) is 5.91 Å². The van der Waals surface area contributed by atoms with E-state index in [1.165, 1.54) is 11.0 Å². The van der Waals surface area contributed by atoms with Crippen LogP contribution in [0.5, 0.6) is 11.5 Å². The summed E-state index contributed by atoms with van der Waals surface area (Å²) in [5.74, 6) is -0.729. The summed E-state index contributed by atoms with van der Waals surface area (Å²) in [7, 11) is 0. The number of benzene rings is 2. The molecule has 3 amide bonds. The summed E-state index contributed by atoms with van der Waals surface area (Å²) in [6.07, 6.45) is 0.455. The van der Waals surface area contributed by atoms with E-state index in [1.807, 2.05) is 6.07 Å². The molecule has 2 aliphatic rings. The van der Waals surface area contributed by atoms with Gasteiger partial charge < -0.3 is 30.5 Å². The van der Waals surface area contributed by atoms with Crippen LogP contribution in [0.25, 0.3) is 0 Å². The van der Waals surface area contributed by atoms with Crippen molar-refractivity contribution < 1.29 is 29.0 Å². The van der Waals surface area contributed by atoms with Gasteiger partial charge in [-0.1, -0.05) is 23.7 Å². The summed E-state index contributed by atoms with van der Waals surface area (Å²) in [6, 6.07) is 8.82. The number of ether oxygens (including phenoxy) is 2. The van der Waals surface area contributed by atoms with E-state index in [-0.39, 0.29) is 31.9 Å². The molecule has 0 saturated carbocycles. The summed E-state index contributed by atoms with van der Waals surface area (Å²) < 4.78 is 10.6. The van der Waals surface area contributed by atoms with Crippen LogP contribution in [0.1, 0.15) is 40.4 Å². The number of halogens is 1. The number of aliphatic carboxylic acids is 1. The third-order valence-electron chi connectivity index (χ3n) is 5.74. The molecular formula is C22H22ClN3O6. The van der Waals surface area contributed by atoms with Gasteiger partial charge in [0.2, 0.25) is 6.79 Å². The third-order valence-corrected chi connectivity index (χ3v) is 5.98. The highest BCUT2D eigenvalue weighted by atomic mass is 35.5. The standard InChI is InChI=1S/C22H22ClN3O6/c23-14-2-3-15(17-8-13(21(28)29)5-6-26(17)22(24)30)16(9-14)20(27)25-10-12-1-4-18-19(7-12)32-11-31-18/h1-4,7,9,13,17H,5-6,8,10-11H2,(H2,24,30)(H,25,27)(H,28,29). The quantitative estimate of drug-likeness (QED) is 0.630. The van der Waals surface area contributed by atoms with Crippen molar-refractivity contribution in [2.75, 3.05) is 13.3 Å². The minimum Gasteiger partial charge on any atom is -0.481 e. The number of piperidine rings is 1. The summed E-state index contributed by atoms with van der Waals surface area (Å²) in [5.41, 5.74) is 7.12. The molecule has 2 unspecified atom stereocenters. The number of carbonyl (C=O) groups is 3. The van der Waals surface area contributed by atoms with Crippen molar-refractivity contribution >= 4 is 29.5 Å². The van der Waals surface area contributed by atoms with Gasteiger partial charge in [-0.2, -0.15) is 0 Å². The molecule has 32 heavy (non-hydrogen) atoms.